The average Bonchev–Trinajstić information content (AvgIpc) is 3.68. The highest BCUT2D eigenvalue weighted by Crippen LogP contribution is 2.27. The molecule has 0 bridgehead atoms. The molecule has 2 heterocycles. The van der Waals surface area contributed by atoms with Crippen molar-refractivity contribution in [2.75, 3.05) is 6.61 Å². The Morgan fingerprint density at radius 2 is 1.16 bits per heavy atom. The first-order valence-corrected chi connectivity index (χ1v) is 16.6. The van der Waals surface area contributed by atoms with Crippen molar-refractivity contribution in [2.45, 2.75) is 31.7 Å². The maximum absolute atomic E-state index is 14.1. The number of carbonyl (C=O) groups excluding carboxylic acids is 3. The van der Waals surface area contributed by atoms with Crippen LogP contribution in [0.1, 0.15) is 35.2 Å². The van der Waals surface area contributed by atoms with Crippen LogP contribution in [0.4, 0.5) is 4.79 Å². The number of esters is 1. The van der Waals surface area contributed by atoms with Gasteiger partial charge in [0.15, 0.2) is 0 Å². The molecule has 1 N–H and O–H groups in total. The van der Waals surface area contributed by atoms with Crippen LogP contribution >= 0.6 is 0 Å². The predicted molar refractivity (Wildman–Crippen MR) is 193 cm³/mol. The van der Waals surface area contributed by atoms with E-state index in [0.29, 0.717) is 0 Å². The third-order valence-electron chi connectivity index (χ3n) is 8.30. The molecule has 1 amide bonds. The Morgan fingerprint density at radius 3 is 1.78 bits per heavy atom. The van der Waals surface area contributed by atoms with Crippen LogP contribution in [-0.4, -0.2) is 34.2 Å². The summed E-state index contributed by atoms with van der Waals surface area (Å²) in [5.41, 5.74) is 6.30. The van der Waals surface area contributed by atoms with Gasteiger partial charge in [0.25, 0.3) is 0 Å². The highest BCUT2D eigenvalue weighted by molar-refractivity contribution is 5.86. The molecule has 51 heavy (non-hydrogen) atoms. The highest BCUT2D eigenvalue weighted by Gasteiger charge is 2.28. The molecule has 0 fully saturated rings. The third-order valence-corrected chi connectivity index (χ3v) is 8.30. The number of benzene rings is 4. The van der Waals surface area contributed by atoms with Crippen molar-refractivity contribution in [3.8, 4) is 22.3 Å². The van der Waals surface area contributed by atoms with Crippen molar-refractivity contribution in [3.63, 3.8) is 0 Å². The second-order valence-electron chi connectivity index (χ2n) is 11.8. The number of pyridine rings is 1. The van der Waals surface area contributed by atoms with Crippen molar-refractivity contribution in [2.24, 2.45) is 0 Å². The lowest BCUT2D eigenvalue weighted by Crippen LogP contribution is -2.38. The van der Waals surface area contributed by atoms with Gasteiger partial charge >= 0.3 is 12.1 Å². The molecule has 0 aliphatic rings. The van der Waals surface area contributed by atoms with Crippen LogP contribution < -0.4 is 5.32 Å². The van der Waals surface area contributed by atoms with E-state index in [4.69, 9.17) is 14.2 Å². The number of aromatic nitrogens is 2. The lowest BCUT2D eigenvalue weighted by Gasteiger charge is -2.24. The molecular formula is C42H37N3O6. The molecule has 6 rings (SSSR count). The summed E-state index contributed by atoms with van der Waals surface area (Å²) >= 11 is 0. The van der Waals surface area contributed by atoms with Gasteiger partial charge in [-0.3, -0.25) is 14.6 Å². The molecule has 2 atom stereocenters. The molecule has 0 spiro atoms. The topological polar surface area (TPSA) is 109 Å². The van der Waals surface area contributed by atoms with Crippen molar-refractivity contribution in [1.82, 2.24) is 14.9 Å². The molecule has 0 unspecified atom stereocenters. The molecule has 9 heteroatoms. The molecule has 0 saturated carbocycles. The third kappa shape index (κ3) is 9.79. The SMILES string of the molecule is O=C(C[C@H](C(=O)N[C@H](COC(=O)OCc1ccccc1)c1ccccc1)n1ccc(-c2ccc(-c3ccncc3)cc2)c1)OCc1ccccc1. The van der Waals surface area contributed by atoms with E-state index in [2.05, 4.69) is 10.3 Å². The van der Waals surface area contributed by atoms with Crippen LogP contribution in [-0.2, 0) is 37.0 Å². The van der Waals surface area contributed by atoms with Gasteiger partial charge in [-0.2, -0.15) is 0 Å². The van der Waals surface area contributed by atoms with Gasteiger partial charge in [0, 0.05) is 24.8 Å². The van der Waals surface area contributed by atoms with Crippen LogP contribution in [0, 0.1) is 0 Å². The normalized spacial score (nSPS) is 11.9. The van der Waals surface area contributed by atoms with E-state index in [1.165, 1.54) is 0 Å². The summed E-state index contributed by atoms with van der Waals surface area (Å²) < 4.78 is 18.0. The number of ether oxygens (including phenoxy) is 3. The standard InChI is InChI=1S/C42H37N3O6/c46-40(49-28-31-10-4-1-5-11-31)26-39(45-25-22-37(27-45)34-18-16-33(17-19-34)35-20-23-43-24-21-35)41(47)44-38(36-14-8-3-9-15-36)30-51-42(48)50-29-32-12-6-2-7-13-32/h1-25,27,38-39H,26,28-30H2,(H,44,47)/t38-,39-/m1/s1. The monoisotopic (exact) mass is 679 g/mol. The fourth-order valence-corrected chi connectivity index (χ4v) is 5.55. The van der Waals surface area contributed by atoms with E-state index in [1.54, 1.807) is 23.2 Å². The quantitative estimate of drug-likeness (QED) is 0.116. The average molecular weight is 680 g/mol. The second-order valence-corrected chi connectivity index (χ2v) is 11.8. The Hall–Kier alpha value is -6.48. The van der Waals surface area contributed by atoms with E-state index in [-0.39, 0.29) is 26.2 Å². The Balaban J connectivity index is 1.19. The van der Waals surface area contributed by atoms with Crippen molar-refractivity contribution in [1.29, 1.82) is 0 Å². The van der Waals surface area contributed by atoms with Gasteiger partial charge in [-0.05, 0) is 57.1 Å². The number of hydrogen-bond donors (Lipinski definition) is 1. The molecule has 0 aliphatic heterocycles. The number of nitrogens with one attached hydrogen (secondary N) is 1. The molecule has 4 aromatic carbocycles. The fraction of sp³-hybridized carbons (Fsp3) is 0.143. The maximum atomic E-state index is 14.1. The summed E-state index contributed by atoms with van der Waals surface area (Å²) in [5, 5.41) is 3.01. The highest BCUT2D eigenvalue weighted by atomic mass is 16.7. The molecule has 256 valence electrons. The van der Waals surface area contributed by atoms with Crippen molar-refractivity contribution in [3.05, 3.63) is 175 Å². The number of carbonyl (C=O) groups is 3. The van der Waals surface area contributed by atoms with Gasteiger partial charge in [-0.25, -0.2) is 4.79 Å². The van der Waals surface area contributed by atoms with Gasteiger partial charge in [0.1, 0.15) is 25.9 Å². The zero-order valence-electron chi connectivity index (χ0n) is 27.8. The first-order chi connectivity index (χ1) is 25.0. The van der Waals surface area contributed by atoms with E-state index >= 15 is 0 Å². The lowest BCUT2D eigenvalue weighted by molar-refractivity contribution is -0.147. The van der Waals surface area contributed by atoms with Gasteiger partial charge < -0.3 is 24.1 Å². The number of amides is 1. The summed E-state index contributed by atoms with van der Waals surface area (Å²) in [7, 11) is 0. The minimum Gasteiger partial charge on any atom is -0.461 e. The Bertz CT molecular complexity index is 2000. The van der Waals surface area contributed by atoms with Gasteiger partial charge in [0.05, 0.1) is 12.5 Å². The summed E-state index contributed by atoms with van der Waals surface area (Å²) in [5.74, 6) is -0.982. The number of rotatable bonds is 14. The van der Waals surface area contributed by atoms with Crippen LogP contribution in [0.3, 0.4) is 0 Å². The zero-order chi connectivity index (χ0) is 35.3. The minimum absolute atomic E-state index is 0.0532. The number of hydrogen-bond acceptors (Lipinski definition) is 7. The van der Waals surface area contributed by atoms with Crippen molar-refractivity contribution >= 4 is 18.0 Å². The fourth-order valence-electron chi connectivity index (χ4n) is 5.55. The van der Waals surface area contributed by atoms with E-state index < -0.39 is 30.1 Å². The Kier molecular flexibility index (Phi) is 11.6. The van der Waals surface area contributed by atoms with Crippen LogP contribution in [0.15, 0.2) is 158 Å². The summed E-state index contributed by atoms with van der Waals surface area (Å²) in [6.45, 7) is -0.0483. The molecule has 6 aromatic rings. The van der Waals surface area contributed by atoms with E-state index in [1.807, 2.05) is 140 Å². The smallest absolute Gasteiger partial charge is 0.461 e. The summed E-state index contributed by atoms with van der Waals surface area (Å²) in [6, 6.07) is 40.0. The molecular weight excluding hydrogens is 642 g/mol. The van der Waals surface area contributed by atoms with Gasteiger partial charge in [-0.1, -0.05) is 115 Å². The second kappa shape index (κ2) is 17.3. The summed E-state index contributed by atoms with van der Waals surface area (Å²) in [6.07, 6.45) is 6.04. The summed E-state index contributed by atoms with van der Waals surface area (Å²) in [4.78, 5) is 44.0. The van der Waals surface area contributed by atoms with Crippen LogP contribution in [0.25, 0.3) is 22.3 Å². The number of nitrogens with zero attached hydrogens (tertiary/aromatic N) is 2. The Morgan fingerprint density at radius 1 is 0.608 bits per heavy atom. The zero-order valence-corrected chi connectivity index (χ0v) is 27.8. The molecule has 2 aromatic heterocycles. The predicted octanol–water partition coefficient (Wildman–Crippen LogP) is 8.10. The molecule has 0 saturated heterocycles. The molecule has 0 aliphatic carbocycles. The largest absolute Gasteiger partial charge is 0.508 e. The maximum Gasteiger partial charge on any atom is 0.508 e. The Labute approximate surface area is 296 Å². The molecule has 0 radical (unpaired) electrons. The van der Waals surface area contributed by atoms with Gasteiger partial charge in [0.2, 0.25) is 5.91 Å². The van der Waals surface area contributed by atoms with E-state index in [0.717, 1.165) is 38.9 Å². The van der Waals surface area contributed by atoms with Gasteiger partial charge in [-0.15, -0.1) is 0 Å². The van der Waals surface area contributed by atoms with Crippen LogP contribution in [0.2, 0.25) is 0 Å². The van der Waals surface area contributed by atoms with Crippen LogP contribution in [0.5, 0.6) is 0 Å². The van der Waals surface area contributed by atoms with Crippen molar-refractivity contribution < 1.29 is 28.6 Å². The molecule has 9 nitrogen and oxygen atoms in total. The van der Waals surface area contributed by atoms with E-state index in [9.17, 15) is 14.4 Å². The minimum atomic E-state index is -0.964. The first kappa shape index (κ1) is 34.4. The lowest BCUT2D eigenvalue weighted by atomic mass is 10.0. The first-order valence-electron chi connectivity index (χ1n) is 16.6.